The molecule has 2 aliphatic rings. The number of piperazine rings is 1. The smallest absolute Gasteiger partial charge is 0.324 e. The summed E-state index contributed by atoms with van der Waals surface area (Å²) in [4.78, 5) is 19.7. The lowest BCUT2D eigenvalue weighted by Gasteiger charge is -2.35. The van der Waals surface area contributed by atoms with Crippen molar-refractivity contribution in [3.63, 3.8) is 0 Å². The first-order valence-corrected chi connectivity index (χ1v) is 8.78. The molecule has 3 heterocycles. The van der Waals surface area contributed by atoms with Crippen molar-refractivity contribution in [2.24, 2.45) is 4.99 Å². The first-order chi connectivity index (χ1) is 10.1. The predicted molar refractivity (Wildman–Crippen MR) is 87.2 cm³/mol. The quantitative estimate of drug-likeness (QED) is 0.630. The highest BCUT2D eigenvalue weighted by Gasteiger charge is 2.25. The van der Waals surface area contributed by atoms with Crippen LogP contribution in [0.25, 0.3) is 0 Å². The standard InChI is InChI=1S/C13H18N4O2S2/c1-10-7-14-13(21-10)16-4-2-15(3-5-16)8-11-6-12(17(18)19)20-9-11/h6,9-10H,2-5,7-8H2,1H3. The summed E-state index contributed by atoms with van der Waals surface area (Å²) >= 11 is 3.08. The molecule has 0 aromatic carbocycles. The van der Waals surface area contributed by atoms with Crippen molar-refractivity contribution in [1.82, 2.24) is 9.80 Å². The van der Waals surface area contributed by atoms with E-state index in [2.05, 4.69) is 21.7 Å². The number of thiophene rings is 1. The Morgan fingerprint density at radius 1 is 1.43 bits per heavy atom. The molecule has 0 aliphatic carbocycles. The Kier molecular flexibility index (Phi) is 4.46. The van der Waals surface area contributed by atoms with E-state index in [0.29, 0.717) is 5.25 Å². The molecule has 1 aromatic rings. The van der Waals surface area contributed by atoms with Crippen LogP contribution >= 0.6 is 23.1 Å². The molecule has 0 N–H and O–H groups in total. The Hall–Kier alpha value is -1.12. The van der Waals surface area contributed by atoms with Gasteiger partial charge in [-0.2, -0.15) is 0 Å². The minimum atomic E-state index is -0.317. The van der Waals surface area contributed by atoms with Crippen molar-refractivity contribution in [2.45, 2.75) is 18.7 Å². The Balaban J connectivity index is 1.50. The zero-order valence-electron chi connectivity index (χ0n) is 11.9. The summed E-state index contributed by atoms with van der Waals surface area (Å²) in [5.41, 5.74) is 1.04. The molecule has 0 bridgehead atoms. The molecular weight excluding hydrogens is 308 g/mol. The third-order valence-corrected chi connectivity index (χ3v) is 5.74. The maximum absolute atomic E-state index is 10.7. The van der Waals surface area contributed by atoms with Gasteiger partial charge >= 0.3 is 5.00 Å². The molecule has 0 spiro atoms. The van der Waals surface area contributed by atoms with Gasteiger partial charge in [0.15, 0.2) is 5.17 Å². The molecule has 0 saturated carbocycles. The van der Waals surface area contributed by atoms with Gasteiger partial charge in [-0.25, -0.2) is 0 Å². The molecule has 114 valence electrons. The van der Waals surface area contributed by atoms with E-state index in [1.54, 1.807) is 6.07 Å². The third kappa shape index (κ3) is 3.56. The van der Waals surface area contributed by atoms with Gasteiger partial charge in [-0.15, -0.1) is 0 Å². The highest BCUT2D eigenvalue weighted by molar-refractivity contribution is 8.14. The molecule has 8 heteroatoms. The number of hydrogen-bond donors (Lipinski definition) is 0. The number of rotatable bonds is 3. The van der Waals surface area contributed by atoms with Crippen LogP contribution in [0.2, 0.25) is 0 Å². The van der Waals surface area contributed by atoms with E-state index in [-0.39, 0.29) is 9.92 Å². The maximum atomic E-state index is 10.7. The average Bonchev–Trinajstić information content (AvgIpc) is 3.09. The van der Waals surface area contributed by atoms with Crippen LogP contribution in [0.5, 0.6) is 0 Å². The molecule has 21 heavy (non-hydrogen) atoms. The second kappa shape index (κ2) is 6.33. The molecule has 1 atom stereocenters. The van der Waals surface area contributed by atoms with Gasteiger partial charge in [-0.1, -0.05) is 30.0 Å². The summed E-state index contributed by atoms with van der Waals surface area (Å²) in [6.45, 7) is 7.89. The van der Waals surface area contributed by atoms with Crippen LogP contribution in [0.15, 0.2) is 16.4 Å². The number of hydrogen-bond acceptors (Lipinski definition) is 7. The topological polar surface area (TPSA) is 62.0 Å². The molecule has 1 unspecified atom stereocenters. The van der Waals surface area contributed by atoms with Gasteiger partial charge in [0.05, 0.1) is 11.5 Å². The van der Waals surface area contributed by atoms with Crippen molar-refractivity contribution in [3.05, 3.63) is 27.1 Å². The highest BCUT2D eigenvalue weighted by atomic mass is 32.2. The van der Waals surface area contributed by atoms with Crippen molar-refractivity contribution in [1.29, 1.82) is 0 Å². The number of aliphatic imine (C=N–C) groups is 1. The van der Waals surface area contributed by atoms with Crippen LogP contribution in [-0.4, -0.2) is 57.9 Å². The van der Waals surface area contributed by atoms with Crippen LogP contribution in [0.4, 0.5) is 5.00 Å². The largest absolute Gasteiger partial charge is 0.349 e. The van der Waals surface area contributed by atoms with Crippen LogP contribution in [-0.2, 0) is 6.54 Å². The summed E-state index contributed by atoms with van der Waals surface area (Å²) < 4.78 is 0. The predicted octanol–water partition coefficient (Wildman–Crippen LogP) is 2.27. The first kappa shape index (κ1) is 14.8. The fourth-order valence-corrected chi connectivity index (χ4v) is 4.24. The Bertz CT molecular complexity index is 552. The number of nitro groups is 1. The fourth-order valence-electron chi connectivity index (χ4n) is 2.53. The molecule has 1 fully saturated rings. The van der Waals surface area contributed by atoms with Crippen molar-refractivity contribution < 1.29 is 4.92 Å². The monoisotopic (exact) mass is 326 g/mol. The second-order valence-electron chi connectivity index (χ2n) is 5.37. The molecular formula is C13H18N4O2S2. The SMILES string of the molecule is CC1CN=C(N2CCN(Cc3csc([N+](=O)[O-])c3)CC2)S1. The first-order valence-electron chi connectivity index (χ1n) is 7.02. The zero-order chi connectivity index (χ0) is 14.8. The third-order valence-electron chi connectivity index (χ3n) is 3.66. The maximum Gasteiger partial charge on any atom is 0.324 e. The molecule has 6 nitrogen and oxygen atoms in total. The molecule has 1 aromatic heterocycles. The van der Waals surface area contributed by atoms with Crippen molar-refractivity contribution in [3.8, 4) is 0 Å². The number of amidine groups is 1. The van der Waals surface area contributed by atoms with Crippen molar-refractivity contribution >= 4 is 33.3 Å². The molecule has 2 aliphatic heterocycles. The minimum Gasteiger partial charge on any atom is -0.349 e. The van der Waals surface area contributed by atoms with Crippen LogP contribution in [0.1, 0.15) is 12.5 Å². The van der Waals surface area contributed by atoms with Gasteiger partial charge in [0.1, 0.15) is 0 Å². The highest BCUT2D eigenvalue weighted by Crippen LogP contribution is 2.25. The van der Waals surface area contributed by atoms with E-state index in [4.69, 9.17) is 0 Å². The van der Waals surface area contributed by atoms with E-state index in [0.717, 1.165) is 44.8 Å². The van der Waals surface area contributed by atoms with Gasteiger partial charge in [0.25, 0.3) is 0 Å². The van der Waals surface area contributed by atoms with E-state index >= 15 is 0 Å². The van der Waals surface area contributed by atoms with Gasteiger partial charge in [-0.05, 0) is 5.56 Å². The molecule has 1 saturated heterocycles. The second-order valence-corrected chi connectivity index (χ2v) is 7.66. The Morgan fingerprint density at radius 2 is 2.19 bits per heavy atom. The summed E-state index contributed by atoms with van der Waals surface area (Å²) in [5.74, 6) is 0. The summed E-state index contributed by atoms with van der Waals surface area (Å²) in [6, 6.07) is 1.69. The molecule has 0 radical (unpaired) electrons. The molecule has 3 rings (SSSR count). The summed E-state index contributed by atoms with van der Waals surface area (Å²) in [5, 5.41) is 14.6. The zero-order valence-corrected chi connectivity index (χ0v) is 13.5. The van der Waals surface area contributed by atoms with E-state index in [1.165, 1.54) is 16.5 Å². The lowest BCUT2D eigenvalue weighted by molar-refractivity contribution is -0.380. The van der Waals surface area contributed by atoms with Gasteiger partial charge in [0, 0.05) is 49.4 Å². The fraction of sp³-hybridized carbons (Fsp3) is 0.615. The summed E-state index contributed by atoms with van der Waals surface area (Å²) in [6.07, 6.45) is 0. The van der Waals surface area contributed by atoms with E-state index in [1.807, 2.05) is 17.1 Å². The Labute approximate surface area is 132 Å². The lowest BCUT2D eigenvalue weighted by Crippen LogP contribution is -2.47. The number of thioether (sulfide) groups is 1. The van der Waals surface area contributed by atoms with Crippen LogP contribution < -0.4 is 0 Å². The van der Waals surface area contributed by atoms with Gasteiger partial charge < -0.3 is 4.90 Å². The Morgan fingerprint density at radius 3 is 2.76 bits per heavy atom. The van der Waals surface area contributed by atoms with E-state index < -0.39 is 0 Å². The number of nitrogens with zero attached hydrogens (tertiary/aromatic N) is 4. The van der Waals surface area contributed by atoms with Gasteiger partial charge in [-0.3, -0.25) is 20.0 Å². The van der Waals surface area contributed by atoms with Crippen LogP contribution in [0, 0.1) is 10.1 Å². The average molecular weight is 326 g/mol. The molecule has 0 amide bonds. The van der Waals surface area contributed by atoms with Crippen LogP contribution in [0.3, 0.4) is 0 Å². The lowest BCUT2D eigenvalue weighted by atomic mass is 10.2. The summed E-state index contributed by atoms with van der Waals surface area (Å²) in [7, 11) is 0. The van der Waals surface area contributed by atoms with Gasteiger partial charge in [0.2, 0.25) is 0 Å². The normalized spacial score (nSPS) is 23.4. The minimum absolute atomic E-state index is 0.231. The van der Waals surface area contributed by atoms with Crippen molar-refractivity contribution in [2.75, 3.05) is 32.7 Å². The van der Waals surface area contributed by atoms with E-state index in [9.17, 15) is 10.1 Å².